The van der Waals surface area contributed by atoms with Crippen molar-refractivity contribution in [2.75, 3.05) is 31.6 Å². The molecule has 0 unspecified atom stereocenters. The summed E-state index contributed by atoms with van der Waals surface area (Å²) in [5, 5.41) is 2.49. The van der Waals surface area contributed by atoms with E-state index in [4.69, 9.17) is 0 Å². The number of rotatable bonds is 4. The van der Waals surface area contributed by atoms with Crippen LogP contribution in [0.5, 0.6) is 0 Å². The van der Waals surface area contributed by atoms with Crippen LogP contribution >= 0.6 is 0 Å². The SMILES string of the molecule is CCCN1CCC(N(C)c2ccc3cnccc3c2)CC1. The number of hydrogen-bond acceptors (Lipinski definition) is 3. The van der Waals surface area contributed by atoms with Crippen LogP contribution in [0.4, 0.5) is 5.69 Å². The minimum absolute atomic E-state index is 0.664. The molecular formula is C18H25N3. The van der Waals surface area contributed by atoms with Crippen LogP contribution in [0.25, 0.3) is 10.8 Å². The maximum atomic E-state index is 4.18. The number of anilines is 1. The van der Waals surface area contributed by atoms with Crippen molar-refractivity contribution in [3.8, 4) is 0 Å². The van der Waals surface area contributed by atoms with Crippen LogP contribution in [-0.4, -0.2) is 42.6 Å². The molecule has 112 valence electrons. The Bertz CT molecular complexity index is 588. The van der Waals surface area contributed by atoms with E-state index in [1.54, 1.807) is 0 Å². The van der Waals surface area contributed by atoms with Crippen molar-refractivity contribution in [3.63, 3.8) is 0 Å². The summed E-state index contributed by atoms with van der Waals surface area (Å²) in [4.78, 5) is 9.24. The Balaban J connectivity index is 1.70. The zero-order chi connectivity index (χ0) is 14.7. The summed E-state index contributed by atoms with van der Waals surface area (Å²) in [5.41, 5.74) is 1.32. The number of likely N-dealkylation sites (tertiary alicyclic amines) is 1. The lowest BCUT2D eigenvalue weighted by Crippen LogP contribution is -2.43. The average Bonchev–Trinajstić information content (AvgIpc) is 2.55. The monoisotopic (exact) mass is 283 g/mol. The van der Waals surface area contributed by atoms with Gasteiger partial charge in [-0.2, -0.15) is 0 Å². The molecule has 3 rings (SSSR count). The number of benzene rings is 1. The molecule has 1 fully saturated rings. The van der Waals surface area contributed by atoms with Crippen molar-refractivity contribution in [3.05, 3.63) is 36.7 Å². The maximum Gasteiger partial charge on any atom is 0.0372 e. The second-order valence-electron chi connectivity index (χ2n) is 6.09. The van der Waals surface area contributed by atoms with Crippen molar-refractivity contribution < 1.29 is 0 Å². The molecule has 1 aliphatic heterocycles. The molecule has 2 aromatic rings. The predicted molar refractivity (Wildman–Crippen MR) is 89.9 cm³/mol. The van der Waals surface area contributed by atoms with Crippen LogP contribution in [0.2, 0.25) is 0 Å². The topological polar surface area (TPSA) is 19.4 Å². The van der Waals surface area contributed by atoms with Gasteiger partial charge in [-0.25, -0.2) is 0 Å². The Kier molecular flexibility index (Phi) is 4.39. The minimum atomic E-state index is 0.664. The molecule has 1 aromatic carbocycles. The first-order valence-electron chi connectivity index (χ1n) is 8.07. The van der Waals surface area contributed by atoms with Gasteiger partial charge in [-0.05, 0) is 49.4 Å². The van der Waals surface area contributed by atoms with Crippen LogP contribution in [0.15, 0.2) is 36.7 Å². The van der Waals surface area contributed by atoms with Gasteiger partial charge in [0.25, 0.3) is 0 Å². The fourth-order valence-electron chi connectivity index (χ4n) is 3.35. The van der Waals surface area contributed by atoms with Gasteiger partial charge in [0.15, 0.2) is 0 Å². The lowest BCUT2D eigenvalue weighted by molar-refractivity contribution is 0.211. The molecule has 1 aromatic heterocycles. The highest BCUT2D eigenvalue weighted by Gasteiger charge is 2.22. The molecule has 0 amide bonds. The Morgan fingerprint density at radius 2 is 2.00 bits per heavy atom. The van der Waals surface area contributed by atoms with Gasteiger partial charge in [-0.3, -0.25) is 4.98 Å². The first-order valence-corrected chi connectivity index (χ1v) is 8.07. The molecule has 3 nitrogen and oxygen atoms in total. The first-order chi connectivity index (χ1) is 10.3. The van der Waals surface area contributed by atoms with Crippen molar-refractivity contribution in [2.24, 2.45) is 0 Å². The number of hydrogen-bond donors (Lipinski definition) is 0. The minimum Gasteiger partial charge on any atom is -0.371 e. The molecule has 21 heavy (non-hydrogen) atoms. The van der Waals surface area contributed by atoms with E-state index in [1.165, 1.54) is 55.4 Å². The number of aromatic nitrogens is 1. The van der Waals surface area contributed by atoms with Crippen LogP contribution < -0.4 is 4.90 Å². The highest BCUT2D eigenvalue weighted by atomic mass is 15.2. The first kappa shape index (κ1) is 14.3. The largest absolute Gasteiger partial charge is 0.371 e. The second kappa shape index (κ2) is 6.44. The quantitative estimate of drug-likeness (QED) is 0.855. The highest BCUT2D eigenvalue weighted by molar-refractivity contribution is 5.85. The van der Waals surface area contributed by atoms with E-state index < -0.39 is 0 Å². The van der Waals surface area contributed by atoms with Crippen molar-refractivity contribution in [2.45, 2.75) is 32.2 Å². The predicted octanol–water partition coefficient (Wildman–Crippen LogP) is 3.55. The lowest BCUT2D eigenvalue weighted by Gasteiger charge is -2.37. The summed E-state index contributed by atoms with van der Waals surface area (Å²) in [5.74, 6) is 0. The van der Waals surface area contributed by atoms with Crippen molar-refractivity contribution in [1.82, 2.24) is 9.88 Å². The van der Waals surface area contributed by atoms with Gasteiger partial charge in [-0.1, -0.05) is 13.0 Å². The van der Waals surface area contributed by atoms with E-state index in [-0.39, 0.29) is 0 Å². The van der Waals surface area contributed by atoms with Gasteiger partial charge in [-0.15, -0.1) is 0 Å². The third kappa shape index (κ3) is 3.18. The van der Waals surface area contributed by atoms with E-state index >= 15 is 0 Å². The maximum absolute atomic E-state index is 4.18. The molecule has 0 radical (unpaired) electrons. The molecule has 0 spiro atoms. The Labute approximate surface area is 127 Å². The summed E-state index contributed by atoms with van der Waals surface area (Å²) in [7, 11) is 2.24. The van der Waals surface area contributed by atoms with E-state index in [1.807, 2.05) is 12.4 Å². The zero-order valence-corrected chi connectivity index (χ0v) is 13.1. The summed E-state index contributed by atoms with van der Waals surface area (Å²) in [6.45, 7) is 5.99. The van der Waals surface area contributed by atoms with E-state index in [0.29, 0.717) is 6.04 Å². The summed E-state index contributed by atoms with van der Waals surface area (Å²) in [6, 6.07) is 9.45. The van der Waals surface area contributed by atoms with Crippen LogP contribution in [0.1, 0.15) is 26.2 Å². The molecule has 1 aliphatic rings. The molecule has 0 saturated carbocycles. The Morgan fingerprint density at radius 1 is 1.19 bits per heavy atom. The normalized spacial score (nSPS) is 17.2. The number of piperidine rings is 1. The van der Waals surface area contributed by atoms with E-state index in [9.17, 15) is 0 Å². The molecule has 2 heterocycles. The molecule has 0 N–H and O–H groups in total. The van der Waals surface area contributed by atoms with Gasteiger partial charge in [0, 0.05) is 49.6 Å². The van der Waals surface area contributed by atoms with Crippen LogP contribution in [0.3, 0.4) is 0 Å². The van der Waals surface area contributed by atoms with E-state index in [2.05, 4.69) is 53.0 Å². The average molecular weight is 283 g/mol. The van der Waals surface area contributed by atoms with Crippen LogP contribution in [-0.2, 0) is 0 Å². The van der Waals surface area contributed by atoms with Gasteiger partial charge >= 0.3 is 0 Å². The second-order valence-corrected chi connectivity index (χ2v) is 6.09. The number of nitrogens with zero attached hydrogens (tertiary/aromatic N) is 3. The molecule has 0 bridgehead atoms. The van der Waals surface area contributed by atoms with Gasteiger partial charge in [0.2, 0.25) is 0 Å². The Morgan fingerprint density at radius 3 is 2.76 bits per heavy atom. The van der Waals surface area contributed by atoms with Crippen molar-refractivity contribution >= 4 is 16.5 Å². The third-order valence-corrected chi connectivity index (χ3v) is 4.68. The smallest absolute Gasteiger partial charge is 0.0372 e. The Hall–Kier alpha value is -1.61. The standard InChI is InChI=1S/C18H25N3/c1-3-10-21-11-7-17(8-12-21)20(2)18-5-4-16-14-19-9-6-15(16)13-18/h4-6,9,13-14,17H,3,7-8,10-12H2,1-2H3. The third-order valence-electron chi connectivity index (χ3n) is 4.68. The van der Waals surface area contributed by atoms with Gasteiger partial charge in [0.05, 0.1) is 0 Å². The summed E-state index contributed by atoms with van der Waals surface area (Å²) in [6.07, 6.45) is 7.60. The van der Waals surface area contributed by atoms with Gasteiger partial charge < -0.3 is 9.80 Å². The molecule has 3 heteroatoms. The summed E-state index contributed by atoms with van der Waals surface area (Å²) < 4.78 is 0. The van der Waals surface area contributed by atoms with Crippen molar-refractivity contribution in [1.29, 1.82) is 0 Å². The highest BCUT2D eigenvalue weighted by Crippen LogP contribution is 2.25. The fraction of sp³-hybridized carbons (Fsp3) is 0.500. The summed E-state index contributed by atoms with van der Waals surface area (Å²) >= 11 is 0. The number of fused-ring (bicyclic) bond motifs is 1. The lowest BCUT2D eigenvalue weighted by atomic mass is 10.0. The van der Waals surface area contributed by atoms with E-state index in [0.717, 1.165) is 0 Å². The zero-order valence-electron chi connectivity index (χ0n) is 13.1. The molecular weight excluding hydrogens is 258 g/mol. The number of pyridine rings is 1. The van der Waals surface area contributed by atoms with Crippen LogP contribution in [0, 0.1) is 0 Å². The van der Waals surface area contributed by atoms with Gasteiger partial charge in [0.1, 0.15) is 0 Å². The molecule has 0 aliphatic carbocycles. The fourth-order valence-corrected chi connectivity index (χ4v) is 3.35. The molecule has 0 atom stereocenters. The molecule has 1 saturated heterocycles.